The number of nitrogens with zero attached hydrogens (tertiary/aromatic N) is 3. The number of benzene rings is 1. The maximum Gasteiger partial charge on any atom is 0.321 e. The second kappa shape index (κ2) is 9.27. The van der Waals surface area contributed by atoms with Crippen LogP contribution in [0.3, 0.4) is 0 Å². The number of anilines is 1. The number of hydrogen-bond donors (Lipinski definition) is 2. The summed E-state index contributed by atoms with van der Waals surface area (Å²) in [4.78, 5) is 20.8. The van der Waals surface area contributed by atoms with Crippen LogP contribution in [-0.4, -0.2) is 59.7 Å². The van der Waals surface area contributed by atoms with Crippen LogP contribution in [0, 0.1) is 12.3 Å². The maximum absolute atomic E-state index is 12.5. The average Bonchev–Trinajstić information content (AvgIpc) is 3.18. The molecule has 0 spiro atoms. The maximum atomic E-state index is 12.5. The Morgan fingerprint density at radius 2 is 2.10 bits per heavy atom. The van der Waals surface area contributed by atoms with Gasteiger partial charge in [-0.3, -0.25) is 4.90 Å². The Labute approximate surface area is 175 Å². The van der Waals surface area contributed by atoms with Gasteiger partial charge in [-0.1, -0.05) is 5.92 Å². The predicted molar refractivity (Wildman–Crippen MR) is 114 cm³/mol. The molecule has 1 aromatic carbocycles. The minimum Gasteiger partial charge on any atom is -0.497 e. The minimum absolute atomic E-state index is 0.174. The Morgan fingerprint density at radius 1 is 1.41 bits per heavy atom. The molecular formula is C21H26N4O3S. The van der Waals surface area contributed by atoms with Gasteiger partial charge in [-0.25, -0.2) is 9.78 Å². The van der Waals surface area contributed by atoms with Crippen molar-refractivity contribution in [2.24, 2.45) is 0 Å². The highest BCUT2D eigenvalue weighted by Gasteiger charge is 2.37. The van der Waals surface area contributed by atoms with Crippen LogP contribution in [0.15, 0.2) is 29.6 Å². The molecule has 1 aliphatic heterocycles. The molecule has 154 valence electrons. The molecular weight excluding hydrogens is 388 g/mol. The van der Waals surface area contributed by atoms with Crippen molar-refractivity contribution < 1.29 is 14.6 Å². The summed E-state index contributed by atoms with van der Waals surface area (Å²) in [6, 6.07) is 7.01. The molecule has 1 aromatic heterocycles. The predicted octanol–water partition coefficient (Wildman–Crippen LogP) is 2.73. The van der Waals surface area contributed by atoms with Crippen LogP contribution in [0.25, 0.3) is 0 Å². The summed E-state index contributed by atoms with van der Waals surface area (Å²) in [6.45, 7) is 2.13. The highest BCUT2D eigenvalue weighted by molar-refractivity contribution is 7.09. The van der Waals surface area contributed by atoms with Crippen molar-refractivity contribution in [3.63, 3.8) is 0 Å². The molecule has 0 bridgehead atoms. The lowest BCUT2D eigenvalue weighted by Crippen LogP contribution is -2.46. The Morgan fingerprint density at radius 3 is 2.72 bits per heavy atom. The number of ether oxygens (including phenoxy) is 1. The van der Waals surface area contributed by atoms with Crippen molar-refractivity contribution in [3.05, 3.63) is 40.3 Å². The third-order valence-electron chi connectivity index (χ3n) is 5.01. The molecule has 1 aliphatic rings. The molecule has 8 heteroatoms. The summed E-state index contributed by atoms with van der Waals surface area (Å²) in [6.07, 6.45) is 6.24. The number of aromatic nitrogens is 1. The van der Waals surface area contributed by atoms with Crippen LogP contribution in [0.4, 0.5) is 10.5 Å². The number of amides is 2. The molecule has 2 amide bonds. The Balaban J connectivity index is 1.55. The summed E-state index contributed by atoms with van der Waals surface area (Å²) >= 11 is 1.52. The van der Waals surface area contributed by atoms with E-state index in [4.69, 9.17) is 11.2 Å². The van der Waals surface area contributed by atoms with E-state index in [1.54, 1.807) is 36.3 Å². The Hall–Kier alpha value is -2.60. The number of hydrogen-bond acceptors (Lipinski definition) is 6. The molecule has 2 N–H and O–H groups in total. The summed E-state index contributed by atoms with van der Waals surface area (Å²) < 4.78 is 5.12. The van der Waals surface area contributed by atoms with Gasteiger partial charge in [-0.15, -0.1) is 17.8 Å². The van der Waals surface area contributed by atoms with E-state index in [0.717, 1.165) is 10.8 Å². The molecule has 1 saturated heterocycles. The van der Waals surface area contributed by atoms with E-state index in [1.165, 1.54) is 11.3 Å². The lowest BCUT2D eigenvalue weighted by atomic mass is 9.89. The molecule has 7 nitrogen and oxygen atoms in total. The van der Waals surface area contributed by atoms with E-state index in [0.29, 0.717) is 50.4 Å². The highest BCUT2D eigenvalue weighted by atomic mass is 32.1. The molecule has 3 rings (SSSR count). The van der Waals surface area contributed by atoms with E-state index in [1.807, 2.05) is 17.3 Å². The van der Waals surface area contributed by atoms with Gasteiger partial charge in [0.05, 0.1) is 25.9 Å². The fourth-order valence-electron chi connectivity index (χ4n) is 3.25. The quantitative estimate of drug-likeness (QED) is 0.711. The standard InChI is InChI=1S/C21H26N4O3S/c1-4-11-24(2)14-19-23-18(15-29-19)21(27)9-12-25(13-10-21)20(26)22-16-5-7-17(28-3)8-6-16/h1,5-8,15,27H,9-14H2,2-3H3,(H,22,26). The summed E-state index contributed by atoms with van der Waals surface area (Å²) in [5, 5.41) is 16.8. The van der Waals surface area contributed by atoms with Crippen molar-refractivity contribution in [1.82, 2.24) is 14.8 Å². The fraction of sp³-hybridized carbons (Fsp3) is 0.429. The van der Waals surface area contributed by atoms with Crippen molar-refractivity contribution in [3.8, 4) is 18.1 Å². The van der Waals surface area contributed by atoms with Gasteiger partial charge in [0.25, 0.3) is 0 Å². The molecule has 2 aromatic rings. The topological polar surface area (TPSA) is 77.9 Å². The van der Waals surface area contributed by atoms with E-state index in [9.17, 15) is 9.90 Å². The Bertz CT molecular complexity index is 867. The van der Waals surface area contributed by atoms with Gasteiger partial charge in [0.2, 0.25) is 0 Å². The number of thiazole rings is 1. The van der Waals surface area contributed by atoms with Crippen LogP contribution in [0.2, 0.25) is 0 Å². The summed E-state index contributed by atoms with van der Waals surface area (Å²) in [7, 11) is 3.54. The lowest BCUT2D eigenvalue weighted by molar-refractivity contribution is -0.0189. The zero-order valence-electron chi connectivity index (χ0n) is 16.7. The first-order valence-electron chi connectivity index (χ1n) is 9.43. The van der Waals surface area contributed by atoms with E-state index in [-0.39, 0.29) is 6.03 Å². The van der Waals surface area contributed by atoms with Gasteiger partial charge in [-0.2, -0.15) is 0 Å². The van der Waals surface area contributed by atoms with Gasteiger partial charge in [0.1, 0.15) is 16.4 Å². The van der Waals surface area contributed by atoms with Crippen molar-refractivity contribution in [1.29, 1.82) is 0 Å². The van der Waals surface area contributed by atoms with Gasteiger partial charge in [0, 0.05) is 24.2 Å². The second-order valence-electron chi connectivity index (χ2n) is 7.18. The first-order valence-corrected chi connectivity index (χ1v) is 10.3. The minimum atomic E-state index is -1.00. The molecule has 0 radical (unpaired) electrons. The number of rotatable bonds is 6. The first-order chi connectivity index (χ1) is 13.9. The number of carbonyl (C=O) groups is 1. The number of nitrogens with one attached hydrogen (secondary N) is 1. The van der Waals surface area contributed by atoms with E-state index < -0.39 is 5.60 Å². The van der Waals surface area contributed by atoms with Crippen LogP contribution >= 0.6 is 11.3 Å². The fourth-order valence-corrected chi connectivity index (χ4v) is 4.22. The highest BCUT2D eigenvalue weighted by Crippen LogP contribution is 2.34. The third-order valence-corrected chi connectivity index (χ3v) is 5.85. The van der Waals surface area contributed by atoms with Crippen LogP contribution in [0.5, 0.6) is 5.75 Å². The molecule has 0 saturated carbocycles. The largest absolute Gasteiger partial charge is 0.497 e. The van der Waals surface area contributed by atoms with E-state index in [2.05, 4.69) is 16.2 Å². The number of likely N-dealkylation sites (tertiary alicyclic amines) is 1. The Kier molecular flexibility index (Phi) is 6.75. The first kappa shape index (κ1) is 21.1. The smallest absolute Gasteiger partial charge is 0.321 e. The van der Waals surface area contributed by atoms with Crippen molar-refractivity contribution in [2.45, 2.75) is 25.0 Å². The third kappa shape index (κ3) is 5.26. The van der Waals surface area contributed by atoms with Crippen LogP contribution in [0.1, 0.15) is 23.5 Å². The SMILES string of the molecule is C#CCN(C)Cc1nc(C2(O)CCN(C(=O)Nc3ccc(OC)cc3)CC2)cs1. The molecule has 0 unspecified atom stereocenters. The summed E-state index contributed by atoms with van der Waals surface area (Å²) in [5.74, 6) is 3.34. The van der Waals surface area contributed by atoms with Gasteiger partial charge in [-0.05, 0) is 44.2 Å². The number of carbonyl (C=O) groups excluding carboxylic acids is 1. The summed E-state index contributed by atoms with van der Waals surface area (Å²) in [5.41, 5.74) is 0.384. The van der Waals surface area contributed by atoms with Gasteiger partial charge < -0.3 is 20.1 Å². The number of methoxy groups -OCH3 is 1. The lowest BCUT2D eigenvalue weighted by Gasteiger charge is -2.37. The van der Waals surface area contributed by atoms with Crippen LogP contribution in [-0.2, 0) is 12.1 Å². The normalized spacial score (nSPS) is 15.8. The molecule has 0 atom stereocenters. The zero-order valence-corrected chi connectivity index (χ0v) is 17.5. The number of aliphatic hydroxyl groups is 1. The molecule has 2 heterocycles. The number of urea groups is 1. The second-order valence-corrected chi connectivity index (χ2v) is 8.12. The number of terminal acetylenes is 1. The average molecular weight is 415 g/mol. The van der Waals surface area contributed by atoms with Gasteiger partial charge in [0.15, 0.2) is 0 Å². The van der Waals surface area contributed by atoms with Crippen molar-refractivity contribution in [2.75, 3.05) is 39.1 Å². The molecule has 29 heavy (non-hydrogen) atoms. The van der Waals surface area contributed by atoms with Crippen LogP contribution < -0.4 is 10.1 Å². The molecule has 0 aliphatic carbocycles. The van der Waals surface area contributed by atoms with Crippen molar-refractivity contribution >= 4 is 23.1 Å². The van der Waals surface area contributed by atoms with E-state index >= 15 is 0 Å². The zero-order chi connectivity index (χ0) is 20.9. The monoisotopic (exact) mass is 414 g/mol. The van der Waals surface area contributed by atoms with Gasteiger partial charge >= 0.3 is 6.03 Å². The number of piperidine rings is 1. The molecule has 1 fully saturated rings.